The smallest absolute Gasteiger partial charge is 0.231 e. The lowest BCUT2D eigenvalue weighted by Crippen LogP contribution is -2.37. The maximum absolute atomic E-state index is 5.41. The van der Waals surface area contributed by atoms with Gasteiger partial charge in [-0.05, 0) is 44.4 Å². The Balaban J connectivity index is 1.72. The van der Waals surface area contributed by atoms with Crippen molar-refractivity contribution in [3.8, 4) is 11.5 Å². The first-order valence-electron chi connectivity index (χ1n) is 6.00. The Hall–Kier alpha value is -0.660. The predicted octanol–water partition coefficient (Wildman–Crippen LogP) is 4.10. The first kappa shape index (κ1) is 13.3. The van der Waals surface area contributed by atoms with Gasteiger partial charge in [0.15, 0.2) is 11.5 Å². The van der Waals surface area contributed by atoms with Crippen LogP contribution in [0.2, 0.25) is 0 Å². The maximum Gasteiger partial charge on any atom is 0.231 e. The molecule has 0 radical (unpaired) electrons. The third-order valence-corrected chi connectivity index (χ3v) is 5.59. The Bertz CT molecular complexity index is 546. The molecule has 5 heteroatoms. The van der Waals surface area contributed by atoms with E-state index in [1.165, 1.54) is 11.1 Å². The maximum atomic E-state index is 5.41. The van der Waals surface area contributed by atoms with Crippen LogP contribution in [0.15, 0.2) is 42.5 Å². The molecule has 3 rings (SSSR count). The first-order chi connectivity index (χ1) is 9.19. The molecule has 1 saturated carbocycles. The van der Waals surface area contributed by atoms with Crippen molar-refractivity contribution in [1.82, 2.24) is 4.31 Å². The van der Waals surface area contributed by atoms with E-state index in [4.69, 9.17) is 9.47 Å². The predicted molar refractivity (Wildman–Crippen MR) is 86.4 cm³/mol. The Morgan fingerprint density at radius 3 is 2.79 bits per heavy atom. The molecule has 1 heterocycles. The number of fused-ring (bicyclic) bond motifs is 1. The fourth-order valence-corrected chi connectivity index (χ4v) is 4.01. The van der Waals surface area contributed by atoms with Crippen LogP contribution in [0.1, 0.15) is 12.0 Å². The van der Waals surface area contributed by atoms with Crippen LogP contribution in [0.4, 0.5) is 0 Å². The Morgan fingerprint density at radius 1 is 1.32 bits per heavy atom. The molecule has 0 N–H and O–H groups in total. The molecule has 0 aromatic heterocycles. The van der Waals surface area contributed by atoms with Crippen molar-refractivity contribution in [1.29, 1.82) is 0 Å². The van der Waals surface area contributed by atoms with Gasteiger partial charge in [-0.15, -0.1) is 0 Å². The van der Waals surface area contributed by atoms with Crippen molar-refractivity contribution < 1.29 is 9.47 Å². The van der Waals surface area contributed by atoms with Gasteiger partial charge in [0.25, 0.3) is 0 Å². The molecule has 1 aliphatic heterocycles. The van der Waals surface area contributed by atoms with Gasteiger partial charge in [0.2, 0.25) is 6.79 Å². The number of halogens is 1. The number of rotatable bonds is 4. The zero-order valence-electron chi connectivity index (χ0n) is 10.4. The molecule has 1 aromatic rings. The third-order valence-electron chi connectivity index (χ3n) is 3.51. The van der Waals surface area contributed by atoms with Crippen LogP contribution in [0.3, 0.4) is 0 Å². The minimum absolute atomic E-state index is 0.322. The normalized spacial score (nSPS) is 20.8. The van der Waals surface area contributed by atoms with Gasteiger partial charge >= 0.3 is 0 Å². The molecule has 0 amide bonds. The zero-order valence-corrected chi connectivity index (χ0v) is 13.4. The SMILES string of the molecule is C=C1CC(N(Cc2ccc3c(c2)OCO3)SI)C1=C. The molecular weight excluding hydrogens is 373 g/mol. The highest BCUT2D eigenvalue weighted by Crippen LogP contribution is 2.41. The van der Waals surface area contributed by atoms with E-state index in [1.807, 2.05) is 6.07 Å². The van der Waals surface area contributed by atoms with Gasteiger partial charge in [-0.3, -0.25) is 0 Å². The summed E-state index contributed by atoms with van der Waals surface area (Å²) in [5.41, 5.74) is 3.55. The number of nitrogens with zero attached hydrogens (tertiary/aromatic N) is 1. The third kappa shape index (κ3) is 2.51. The highest BCUT2D eigenvalue weighted by atomic mass is 127. The van der Waals surface area contributed by atoms with Gasteiger partial charge in [0, 0.05) is 33.8 Å². The summed E-state index contributed by atoms with van der Waals surface area (Å²) < 4.78 is 13.1. The molecule has 19 heavy (non-hydrogen) atoms. The average molecular weight is 387 g/mol. The van der Waals surface area contributed by atoms with E-state index in [0.29, 0.717) is 12.8 Å². The van der Waals surface area contributed by atoms with E-state index in [2.05, 4.69) is 50.8 Å². The van der Waals surface area contributed by atoms with Crippen molar-refractivity contribution in [2.75, 3.05) is 6.79 Å². The lowest BCUT2D eigenvalue weighted by atomic mass is 9.82. The van der Waals surface area contributed by atoms with Crippen LogP contribution in [-0.2, 0) is 6.54 Å². The summed E-state index contributed by atoms with van der Waals surface area (Å²) >= 11 is 2.32. The van der Waals surface area contributed by atoms with Crippen molar-refractivity contribution in [3.63, 3.8) is 0 Å². The minimum Gasteiger partial charge on any atom is -0.454 e. The Kier molecular flexibility index (Phi) is 3.77. The van der Waals surface area contributed by atoms with Gasteiger partial charge in [0.1, 0.15) is 0 Å². The fraction of sp³-hybridized carbons (Fsp3) is 0.286. The van der Waals surface area contributed by atoms with Crippen LogP contribution in [0, 0.1) is 0 Å². The molecule has 2 aliphatic rings. The number of benzene rings is 1. The molecule has 1 fully saturated rings. The summed E-state index contributed by atoms with van der Waals surface area (Å²) in [6, 6.07) is 6.52. The van der Waals surface area contributed by atoms with Gasteiger partial charge in [-0.25, -0.2) is 4.31 Å². The van der Waals surface area contributed by atoms with Gasteiger partial charge < -0.3 is 9.47 Å². The van der Waals surface area contributed by atoms with Gasteiger partial charge in [-0.2, -0.15) is 0 Å². The summed E-state index contributed by atoms with van der Waals surface area (Å²) in [7, 11) is 1.72. The van der Waals surface area contributed by atoms with Crippen LogP contribution in [0.25, 0.3) is 0 Å². The van der Waals surface area contributed by atoms with Crippen molar-refractivity contribution in [2.24, 2.45) is 0 Å². The van der Waals surface area contributed by atoms with Crippen LogP contribution < -0.4 is 9.47 Å². The van der Waals surface area contributed by atoms with Crippen LogP contribution in [0.5, 0.6) is 11.5 Å². The molecule has 1 unspecified atom stereocenters. The fourth-order valence-electron chi connectivity index (χ4n) is 2.27. The van der Waals surface area contributed by atoms with E-state index in [1.54, 1.807) is 9.12 Å². The summed E-state index contributed by atoms with van der Waals surface area (Å²) in [6.07, 6.45) is 1.01. The lowest BCUT2D eigenvalue weighted by Gasteiger charge is -2.39. The second-order valence-electron chi connectivity index (χ2n) is 4.68. The summed E-state index contributed by atoms with van der Waals surface area (Å²) in [5, 5.41) is 0. The van der Waals surface area contributed by atoms with E-state index < -0.39 is 0 Å². The standard InChI is InChI=1S/C14H14INO2S/c1-9-5-12(10(9)2)16(19-15)7-11-3-4-13-14(6-11)18-8-17-13/h3-4,6,12H,1-2,5,7-8H2. The molecule has 100 valence electrons. The van der Waals surface area contributed by atoms with E-state index in [0.717, 1.165) is 30.0 Å². The quantitative estimate of drug-likeness (QED) is 0.573. The molecule has 3 nitrogen and oxygen atoms in total. The molecule has 1 aliphatic carbocycles. The minimum atomic E-state index is 0.322. The molecule has 0 bridgehead atoms. The molecule has 1 aromatic carbocycles. The molecule has 0 spiro atoms. The average Bonchev–Trinajstić information content (AvgIpc) is 2.89. The zero-order chi connectivity index (χ0) is 13.4. The van der Waals surface area contributed by atoms with Crippen molar-refractivity contribution in [2.45, 2.75) is 19.0 Å². The molecule has 1 atom stereocenters. The van der Waals surface area contributed by atoms with Crippen LogP contribution in [-0.4, -0.2) is 17.1 Å². The summed E-state index contributed by atoms with van der Waals surface area (Å²) in [4.78, 5) is 0. The van der Waals surface area contributed by atoms with Gasteiger partial charge in [-0.1, -0.05) is 19.2 Å². The highest BCUT2D eigenvalue weighted by molar-refractivity contribution is 14.2. The second kappa shape index (κ2) is 5.38. The summed E-state index contributed by atoms with van der Waals surface area (Å²) in [5.74, 6) is 1.67. The lowest BCUT2D eigenvalue weighted by molar-refractivity contribution is 0.174. The van der Waals surface area contributed by atoms with Crippen LogP contribution >= 0.6 is 30.3 Å². The molecular formula is C14H14INO2S. The van der Waals surface area contributed by atoms with Crippen molar-refractivity contribution >= 4 is 30.3 Å². The van der Waals surface area contributed by atoms with Crippen molar-refractivity contribution in [3.05, 3.63) is 48.1 Å². The Morgan fingerprint density at radius 2 is 2.11 bits per heavy atom. The monoisotopic (exact) mass is 387 g/mol. The number of ether oxygens (including phenoxy) is 2. The largest absolute Gasteiger partial charge is 0.454 e. The molecule has 0 saturated heterocycles. The number of hydrogen-bond donors (Lipinski definition) is 0. The summed E-state index contributed by atoms with van der Waals surface area (Å²) in [6.45, 7) is 9.26. The topological polar surface area (TPSA) is 21.7 Å². The Labute approximate surface area is 129 Å². The highest BCUT2D eigenvalue weighted by Gasteiger charge is 2.32. The first-order valence-corrected chi connectivity index (χ1v) is 9.31. The number of hydrogen-bond acceptors (Lipinski definition) is 4. The van der Waals surface area contributed by atoms with E-state index in [9.17, 15) is 0 Å². The van der Waals surface area contributed by atoms with E-state index >= 15 is 0 Å². The second-order valence-corrected chi connectivity index (χ2v) is 6.47. The van der Waals surface area contributed by atoms with Gasteiger partial charge in [0.05, 0.1) is 0 Å². The van der Waals surface area contributed by atoms with E-state index in [-0.39, 0.29) is 0 Å².